The van der Waals surface area contributed by atoms with Gasteiger partial charge in [0.25, 0.3) is 0 Å². The van der Waals surface area contributed by atoms with Gasteiger partial charge in [-0.15, -0.1) is 0 Å². The fourth-order valence-electron chi connectivity index (χ4n) is 2.97. The lowest BCUT2D eigenvalue weighted by Crippen LogP contribution is -2.47. The van der Waals surface area contributed by atoms with Gasteiger partial charge in [-0.25, -0.2) is 4.99 Å². The highest BCUT2D eigenvalue weighted by Gasteiger charge is 2.21. The smallest absolute Gasteiger partial charge is 0.194 e. The minimum Gasteiger partial charge on any atom is -0.385 e. The van der Waals surface area contributed by atoms with Crippen LogP contribution in [0.5, 0.6) is 0 Å². The molecule has 1 aliphatic heterocycles. The van der Waals surface area contributed by atoms with Gasteiger partial charge in [-0.2, -0.15) is 0 Å². The quantitative estimate of drug-likeness (QED) is 0.446. The number of ether oxygens (including phenoxy) is 2. The number of nitrogens with one attached hydrogen (secondary N) is 1. The van der Waals surface area contributed by atoms with Crippen LogP contribution in [-0.2, 0) is 16.0 Å². The van der Waals surface area contributed by atoms with Crippen LogP contribution in [0.15, 0.2) is 29.3 Å². The van der Waals surface area contributed by atoms with E-state index in [-0.39, 0.29) is 0 Å². The standard InChI is InChI=1S/C20H33N3O2/c1-4-21-20(22-16-18-8-6-17(2)7-9-18)23-12-10-19(11-13-23)25-15-5-14-24-3/h6-9,19H,4-5,10-16H2,1-3H3,(H,21,22). The largest absolute Gasteiger partial charge is 0.385 e. The van der Waals surface area contributed by atoms with Gasteiger partial charge in [0.1, 0.15) is 0 Å². The number of aryl methyl sites for hydroxylation is 1. The van der Waals surface area contributed by atoms with Crippen molar-refractivity contribution in [1.29, 1.82) is 0 Å². The molecule has 1 aliphatic rings. The molecule has 1 saturated heterocycles. The fraction of sp³-hybridized carbons (Fsp3) is 0.650. The van der Waals surface area contributed by atoms with Crippen LogP contribution in [0.2, 0.25) is 0 Å². The third kappa shape index (κ3) is 7.04. The number of methoxy groups -OCH3 is 1. The van der Waals surface area contributed by atoms with Gasteiger partial charge in [0.15, 0.2) is 5.96 Å². The molecule has 1 fully saturated rings. The number of guanidine groups is 1. The Morgan fingerprint density at radius 1 is 1.20 bits per heavy atom. The van der Waals surface area contributed by atoms with E-state index in [2.05, 4.69) is 48.3 Å². The molecule has 1 heterocycles. The predicted molar refractivity (Wildman–Crippen MR) is 103 cm³/mol. The molecule has 25 heavy (non-hydrogen) atoms. The van der Waals surface area contributed by atoms with E-state index in [4.69, 9.17) is 14.5 Å². The second-order valence-electron chi connectivity index (χ2n) is 6.56. The van der Waals surface area contributed by atoms with Crippen molar-refractivity contribution in [3.63, 3.8) is 0 Å². The van der Waals surface area contributed by atoms with Crippen molar-refractivity contribution < 1.29 is 9.47 Å². The number of piperidine rings is 1. The van der Waals surface area contributed by atoms with Crippen molar-refractivity contribution in [2.75, 3.05) is 40.0 Å². The van der Waals surface area contributed by atoms with Crippen LogP contribution in [-0.4, -0.2) is 56.9 Å². The molecule has 140 valence electrons. The maximum atomic E-state index is 5.95. The number of hydrogen-bond donors (Lipinski definition) is 1. The van der Waals surface area contributed by atoms with Gasteiger partial charge >= 0.3 is 0 Å². The highest BCUT2D eigenvalue weighted by molar-refractivity contribution is 5.80. The van der Waals surface area contributed by atoms with E-state index in [1.165, 1.54) is 11.1 Å². The van der Waals surface area contributed by atoms with Gasteiger partial charge < -0.3 is 19.7 Å². The highest BCUT2D eigenvalue weighted by atomic mass is 16.5. The molecule has 0 bridgehead atoms. The lowest BCUT2D eigenvalue weighted by atomic mass is 10.1. The molecule has 0 unspecified atom stereocenters. The minimum absolute atomic E-state index is 0.369. The van der Waals surface area contributed by atoms with Crippen molar-refractivity contribution >= 4 is 5.96 Å². The van der Waals surface area contributed by atoms with Crippen molar-refractivity contribution in [3.8, 4) is 0 Å². The van der Waals surface area contributed by atoms with Crippen LogP contribution in [0.3, 0.4) is 0 Å². The van der Waals surface area contributed by atoms with Gasteiger partial charge in [-0.3, -0.25) is 0 Å². The van der Waals surface area contributed by atoms with Crippen molar-refractivity contribution in [2.24, 2.45) is 4.99 Å². The summed E-state index contributed by atoms with van der Waals surface area (Å²) >= 11 is 0. The molecule has 5 nitrogen and oxygen atoms in total. The zero-order valence-electron chi connectivity index (χ0n) is 16.0. The van der Waals surface area contributed by atoms with Gasteiger partial charge in [0.2, 0.25) is 0 Å². The molecule has 0 amide bonds. The summed E-state index contributed by atoms with van der Waals surface area (Å²) < 4.78 is 11.0. The summed E-state index contributed by atoms with van der Waals surface area (Å²) in [6, 6.07) is 8.60. The molecule has 2 rings (SSSR count). The summed E-state index contributed by atoms with van der Waals surface area (Å²) in [6.45, 7) is 9.39. The van der Waals surface area contributed by atoms with Crippen LogP contribution < -0.4 is 5.32 Å². The molecular weight excluding hydrogens is 314 g/mol. The van der Waals surface area contributed by atoms with E-state index in [0.29, 0.717) is 6.10 Å². The van der Waals surface area contributed by atoms with Crippen LogP contribution >= 0.6 is 0 Å². The Hall–Kier alpha value is -1.59. The van der Waals surface area contributed by atoms with E-state index in [0.717, 1.165) is 64.6 Å². The van der Waals surface area contributed by atoms with Crippen molar-refractivity contribution in [3.05, 3.63) is 35.4 Å². The lowest BCUT2D eigenvalue weighted by Gasteiger charge is -2.34. The van der Waals surface area contributed by atoms with Crippen LogP contribution in [0, 0.1) is 6.92 Å². The average molecular weight is 348 g/mol. The van der Waals surface area contributed by atoms with Crippen LogP contribution in [0.25, 0.3) is 0 Å². The topological polar surface area (TPSA) is 46.1 Å². The van der Waals surface area contributed by atoms with E-state index in [1.54, 1.807) is 7.11 Å². The Balaban J connectivity index is 1.82. The first-order valence-electron chi connectivity index (χ1n) is 9.42. The van der Waals surface area contributed by atoms with Crippen molar-refractivity contribution in [1.82, 2.24) is 10.2 Å². The molecule has 0 spiro atoms. The SMILES string of the molecule is CCNC(=NCc1ccc(C)cc1)N1CCC(OCCCOC)CC1. The number of hydrogen-bond acceptors (Lipinski definition) is 3. The summed E-state index contributed by atoms with van der Waals surface area (Å²) in [5.74, 6) is 1.01. The zero-order valence-corrected chi connectivity index (χ0v) is 16.0. The van der Waals surface area contributed by atoms with Crippen LogP contribution in [0.1, 0.15) is 37.3 Å². The first-order chi connectivity index (χ1) is 12.2. The molecule has 0 saturated carbocycles. The third-order valence-electron chi connectivity index (χ3n) is 4.45. The molecule has 0 aromatic heterocycles. The number of nitrogens with zero attached hydrogens (tertiary/aromatic N) is 2. The molecule has 0 radical (unpaired) electrons. The van der Waals surface area contributed by atoms with E-state index in [1.807, 2.05) is 0 Å². The Bertz CT molecular complexity index is 508. The molecule has 0 aliphatic carbocycles. The number of benzene rings is 1. The van der Waals surface area contributed by atoms with Crippen LogP contribution in [0.4, 0.5) is 0 Å². The molecular formula is C20H33N3O2. The molecule has 1 N–H and O–H groups in total. The Morgan fingerprint density at radius 2 is 1.92 bits per heavy atom. The van der Waals surface area contributed by atoms with E-state index < -0.39 is 0 Å². The summed E-state index contributed by atoms with van der Waals surface area (Å²) in [4.78, 5) is 7.18. The maximum absolute atomic E-state index is 5.95. The normalized spacial score (nSPS) is 16.3. The van der Waals surface area contributed by atoms with Gasteiger partial charge in [0, 0.05) is 40.0 Å². The average Bonchev–Trinajstić information content (AvgIpc) is 2.64. The number of rotatable bonds is 8. The first kappa shape index (κ1) is 19.7. The molecule has 0 atom stereocenters. The Labute approximate surface area is 152 Å². The Morgan fingerprint density at radius 3 is 2.56 bits per heavy atom. The predicted octanol–water partition coefficient (Wildman–Crippen LogP) is 2.98. The monoisotopic (exact) mass is 347 g/mol. The second kappa shape index (κ2) is 11.1. The summed E-state index contributed by atoms with van der Waals surface area (Å²) in [5.41, 5.74) is 2.53. The zero-order chi connectivity index (χ0) is 17.9. The molecule has 5 heteroatoms. The van der Waals surface area contributed by atoms with Gasteiger partial charge in [-0.05, 0) is 38.7 Å². The Kier molecular flexibility index (Phi) is 8.77. The van der Waals surface area contributed by atoms with Crippen molar-refractivity contribution in [2.45, 2.75) is 45.8 Å². The summed E-state index contributed by atoms with van der Waals surface area (Å²) in [7, 11) is 1.73. The van der Waals surface area contributed by atoms with E-state index >= 15 is 0 Å². The lowest BCUT2D eigenvalue weighted by molar-refractivity contribution is 0.00990. The molecule has 1 aromatic rings. The number of aliphatic imine (C=N–C) groups is 1. The fourth-order valence-corrected chi connectivity index (χ4v) is 2.97. The summed E-state index contributed by atoms with van der Waals surface area (Å²) in [5, 5.41) is 3.43. The second-order valence-corrected chi connectivity index (χ2v) is 6.56. The third-order valence-corrected chi connectivity index (χ3v) is 4.45. The first-order valence-corrected chi connectivity index (χ1v) is 9.42. The highest BCUT2D eigenvalue weighted by Crippen LogP contribution is 2.14. The van der Waals surface area contributed by atoms with Gasteiger partial charge in [0.05, 0.1) is 12.6 Å². The number of likely N-dealkylation sites (tertiary alicyclic amines) is 1. The summed E-state index contributed by atoms with van der Waals surface area (Å²) in [6.07, 6.45) is 3.45. The maximum Gasteiger partial charge on any atom is 0.194 e. The minimum atomic E-state index is 0.369. The molecule has 1 aromatic carbocycles. The van der Waals surface area contributed by atoms with Gasteiger partial charge in [-0.1, -0.05) is 29.8 Å². The van der Waals surface area contributed by atoms with E-state index in [9.17, 15) is 0 Å².